The monoisotopic (exact) mass is 348 g/mol. The molecule has 124 valence electrons. The maximum atomic E-state index is 12.8. The molecule has 1 aromatic heterocycles. The van der Waals surface area contributed by atoms with Crippen molar-refractivity contribution in [3.8, 4) is 0 Å². The van der Waals surface area contributed by atoms with Crippen molar-refractivity contribution in [2.75, 3.05) is 0 Å². The molecule has 3 aromatic rings. The summed E-state index contributed by atoms with van der Waals surface area (Å²) < 4.78 is 0. The van der Waals surface area contributed by atoms with Gasteiger partial charge in [-0.05, 0) is 34.9 Å². The molecule has 25 heavy (non-hydrogen) atoms. The maximum absolute atomic E-state index is 12.8. The lowest BCUT2D eigenvalue weighted by Crippen LogP contribution is -2.23. The Balaban J connectivity index is 1.89. The largest absolute Gasteiger partial charge is 0.348 e. The fourth-order valence-electron chi connectivity index (χ4n) is 2.43. The number of aromatic nitrogens is 1. The molecular weight excluding hydrogens is 332 g/mol. The van der Waals surface area contributed by atoms with Crippen molar-refractivity contribution in [3.05, 3.63) is 101 Å². The van der Waals surface area contributed by atoms with Crippen LogP contribution in [0.2, 0.25) is 5.02 Å². The van der Waals surface area contributed by atoms with E-state index in [1.165, 1.54) is 0 Å². The number of amides is 1. The average Bonchev–Trinajstić information content (AvgIpc) is 2.67. The fraction of sp³-hybridized carbons (Fsp3) is 0.0476. The summed E-state index contributed by atoms with van der Waals surface area (Å²) in [6.07, 6.45) is 5.26. The van der Waals surface area contributed by atoms with Gasteiger partial charge < -0.3 is 5.32 Å². The second-order valence-electron chi connectivity index (χ2n) is 5.49. The van der Waals surface area contributed by atoms with Crippen LogP contribution in [-0.2, 0) is 11.3 Å². The van der Waals surface area contributed by atoms with E-state index in [9.17, 15) is 4.79 Å². The van der Waals surface area contributed by atoms with Crippen molar-refractivity contribution in [1.29, 1.82) is 0 Å². The van der Waals surface area contributed by atoms with E-state index in [0.717, 1.165) is 16.7 Å². The van der Waals surface area contributed by atoms with Crippen LogP contribution in [0.1, 0.15) is 16.7 Å². The molecule has 0 atom stereocenters. The van der Waals surface area contributed by atoms with Crippen LogP contribution in [0.15, 0.2) is 79.1 Å². The molecule has 1 heterocycles. The van der Waals surface area contributed by atoms with Gasteiger partial charge in [-0.2, -0.15) is 0 Å². The Labute approximate surface area is 152 Å². The van der Waals surface area contributed by atoms with Crippen molar-refractivity contribution < 1.29 is 4.79 Å². The average molecular weight is 349 g/mol. The third-order valence-electron chi connectivity index (χ3n) is 3.71. The highest BCUT2D eigenvalue weighted by molar-refractivity contribution is 6.33. The number of nitrogens with zero attached hydrogens (tertiary/aromatic N) is 1. The van der Waals surface area contributed by atoms with Gasteiger partial charge in [0.25, 0.3) is 5.91 Å². The molecule has 0 aliphatic heterocycles. The lowest BCUT2D eigenvalue weighted by molar-refractivity contribution is -0.115. The van der Waals surface area contributed by atoms with Gasteiger partial charge in [-0.3, -0.25) is 9.78 Å². The summed E-state index contributed by atoms with van der Waals surface area (Å²) in [5, 5.41) is 3.55. The molecule has 0 unspecified atom stereocenters. The van der Waals surface area contributed by atoms with Gasteiger partial charge in [-0.25, -0.2) is 0 Å². The molecule has 0 saturated carbocycles. The zero-order valence-corrected chi connectivity index (χ0v) is 14.3. The van der Waals surface area contributed by atoms with Crippen molar-refractivity contribution in [2.45, 2.75) is 6.54 Å². The van der Waals surface area contributed by atoms with Crippen LogP contribution in [0.4, 0.5) is 0 Å². The summed E-state index contributed by atoms with van der Waals surface area (Å²) in [5.41, 5.74) is 3.16. The van der Waals surface area contributed by atoms with E-state index in [0.29, 0.717) is 17.1 Å². The highest BCUT2D eigenvalue weighted by atomic mass is 35.5. The Bertz CT molecular complexity index is 877. The second kappa shape index (κ2) is 8.27. The molecule has 0 bridgehead atoms. The van der Waals surface area contributed by atoms with Gasteiger partial charge in [0.1, 0.15) is 0 Å². The number of hydrogen-bond acceptors (Lipinski definition) is 2. The van der Waals surface area contributed by atoms with E-state index >= 15 is 0 Å². The predicted octanol–water partition coefficient (Wildman–Crippen LogP) is 4.59. The van der Waals surface area contributed by atoms with Gasteiger partial charge in [-0.15, -0.1) is 0 Å². The lowest BCUT2D eigenvalue weighted by atomic mass is 10.0. The number of carbonyl (C=O) groups excluding carboxylic acids is 1. The molecule has 3 nitrogen and oxygen atoms in total. The zero-order chi connectivity index (χ0) is 17.5. The molecule has 0 spiro atoms. The SMILES string of the molecule is O=C(NCc1cccnc1)C(=Cc1ccccc1Cl)c1ccccc1. The molecule has 3 rings (SSSR count). The number of hydrogen-bond donors (Lipinski definition) is 1. The van der Waals surface area contributed by atoms with E-state index in [4.69, 9.17) is 11.6 Å². The number of pyridine rings is 1. The Hall–Kier alpha value is -2.91. The highest BCUT2D eigenvalue weighted by Gasteiger charge is 2.12. The molecule has 0 radical (unpaired) electrons. The summed E-state index contributed by atoms with van der Waals surface area (Å²) in [6.45, 7) is 0.416. The van der Waals surface area contributed by atoms with E-state index < -0.39 is 0 Å². The van der Waals surface area contributed by atoms with Crippen molar-refractivity contribution in [1.82, 2.24) is 10.3 Å². The van der Waals surface area contributed by atoms with Gasteiger partial charge in [-0.1, -0.05) is 66.2 Å². The molecule has 2 aromatic carbocycles. The molecular formula is C21H17ClN2O. The predicted molar refractivity (Wildman–Crippen MR) is 102 cm³/mol. The molecule has 0 aliphatic carbocycles. The van der Waals surface area contributed by atoms with E-state index in [1.807, 2.05) is 72.8 Å². The zero-order valence-electron chi connectivity index (χ0n) is 13.5. The van der Waals surface area contributed by atoms with Gasteiger partial charge >= 0.3 is 0 Å². The van der Waals surface area contributed by atoms with Crippen LogP contribution in [0, 0.1) is 0 Å². The minimum absolute atomic E-state index is 0.157. The van der Waals surface area contributed by atoms with E-state index in [-0.39, 0.29) is 5.91 Å². The third-order valence-corrected chi connectivity index (χ3v) is 4.05. The first-order chi connectivity index (χ1) is 12.2. The fourth-order valence-corrected chi connectivity index (χ4v) is 2.62. The molecule has 0 aliphatic rings. The maximum Gasteiger partial charge on any atom is 0.252 e. The summed E-state index contributed by atoms with van der Waals surface area (Å²) in [4.78, 5) is 16.9. The summed E-state index contributed by atoms with van der Waals surface area (Å²) in [7, 11) is 0. The topological polar surface area (TPSA) is 42.0 Å². The van der Waals surface area contributed by atoms with Crippen LogP contribution in [-0.4, -0.2) is 10.9 Å². The first kappa shape index (κ1) is 16.9. The Kier molecular flexibility index (Phi) is 5.60. The number of benzene rings is 2. The normalized spacial score (nSPS) is 11.2. The van der Waals surface area contributed by atoms with Crippen LogP contribution >= 0.6 is 11.6 Å². The minimum atomic E-state index is -0.157. The van der Waals surface area contributed by atoms with Crippen LogP contribution in [0.3, 0.4) is 0 Å². The smallest absolute Gasteiger partial charge is 0.252 e. The molecule has 0 saturated heterocycles. The highest BCUT2D eigenvalue weighted by Crippen LogP contribution is 2.23. The molecule has 4 heteroatoms. The van der Waals surface area contributed by atoms with E-state index in [2.05, 4.69) is 10.3 Å². The first-order valence-electron chi connectivity index (χ1n) is 7.93. The summed E-state index contributed by atoms with van der Waals surface area (Å²) >= 11 is 6.25. The Morgan fingerprint density at radius 1 is 1.00 bits per heavy atom. The van der Waals surface area contributed by atoms with Crippen LogP contribution < -0.4 is 5.32 Å². The number of rotatable bonds is 5. The molecule has 1 N–H and O–H groups in total. The molecule has 0 fully saturated rings. The van der Waals surface area contributed by atoms with Gasteiger partial charge in [0.2, 0.25) is 0 Å². The van der Waals surface area contributed by atoms with Crippen molar-refractivity contribution in [2.24, 2.45) is 0 Å². The van der Waals surface area contributed by atoms with Crippen molar-refractivity contribution >= 4 is 29.2 Å². The van der Waals surface area contributed by atoms with Crippen molar-refractivity contribution in [3.63, 3.8) is 0 Å². The van der Waals surface area contributed by atoms with Gasteiger partial charge in [0, 0.05) is 29.5 Å². The quantitative estimate of drug-likeness (QED) is 0.541. The number of nitrogens with one attached hydrogen (secondary N) is 1. The summed E-state index contributed by atoms with van der Waals surface area (Å²) in [5.74, 6) is -0.157. The minimum Gasteiger partial charge on any atom is -0.348 e. The Morgan fingerprint density at radius 2 is 1.76 bits per heavy atom. The van der Waals surface area contributed by atoms with Crippen LogP contribution in [0.5, 0.6) is 0 Å². The first-order valence-corrected chi connectivity index (χ1v) is 8.30. The van der Waals surface area contributed by atoms with Gasteiger partial charge in [0.05, 0.1) is 0 Å². The number of carbonyl (C=O) groups is 1. The van der Waals surface area contributed by atoms with E-state index in [1.54, 1.807) is 12.4 Å². The molecule has 1 amide bonds. The standard InChI is InChI=1S/C21H17ClN2O/c22-20-11-5-4-10-18(20)13-19(17-8-2-1-3-9-17)21(25)24-15-16-7-6-12-23-14-16/h1-14H,15H2,(H,24,25). The second-order valence-corrected chi connectivity index (χ2v) is 5.90. The van der Waals surface area contributed by atoms with Gasteiger partial charge in [0.15, 0.2) is 0 Å². The summed E-state index contributed by atoms with van der Waals surface area (Å²) in [6, 6.07) is 20.8. The van der Waals surface area contributed by atoms with Crippen LogP contribution in [0.25, 0.3) is 11.6 Å². The number of halogens is 1. The third kappa shape index (κ3) is 4.55. The lowest BCUT2D eigenvalue weighted by Gasteiger charge is -2.10. The Morgan fingerprint density at radius 3 is 2.48 bits per heavy atom.